The Labute approximate surface area is 222 Å². The van der Waals surface area contributed by atoms with Crippen LogP contribution in [0.5, 0.6) is 0 Å². The van der Waals surface area contributed by atoms with Gasteiger partial charge in [-0.25, -0.2) is 0 Å². The van der Waals surface area contributed by atoms with E-state index in [9.17, 15) is 13.0 Å². The first-order valence-electron chi connectivity index (χ1n) is 15.0. The molecule has 3 nitrogen and oxygen atoms in total. The fourth-order valence-electron chi connectivity index (χ4n) is 5.28. The van der Waals surface area contributed by atoms with Crippen LogP contribution in [0.3, 0.4) is 0 Å². The van der Waals surface area contributed by atoms with Crippen molar-refractivity contribution >= 4 is 20.9 Å². The van der Waals surface area contributed by atoms with E-state index < -0.39 is 10.1 Å². The summed E-state index contributed by atoms with van der Waals surface area (Å²) in [6.45, 7) is 2.28. The summed E-state index contributed by atoms with van der Waals surface area (Å²) in [6, 6.07) is 11.1. The van der Waals surface area contributed by atoms with Gasteiger partial charge in [0.25, 0.3) is 10.1 Å². The van der Waals surface area contributed by atoms with Crippen LogP contribution in [0.25, 0.3) is 10.8 Å². The van der Waals surface area contributed by atoms with E-state index in [2.05, 4.69) is 13.0 Å². The Morgan fingerprint density at radius 3 is 1.44 bits per heavy atom. The van der Waals surface area contributed by atoms with Crippen molar-refractivity contribution in [2.45, 2.75) is 147 Å². The molecule has 0 saturated heterocycles. The summed E-state index contributed by atoms with van der Waals surface area (Å²) in [5.41, 5.74) is 0.990. The maximum Gasteiger partial charge on any atom is 0.295 e. The van der Waals surface area contributed by atoms with Crippen molar-refractivity contribution in [2.24, 2.45) is 0 Å². The van der Waals surface area contributed by atoms with Crippen molar-refractivity contribution in [1.82, 2.24) is 0 Å². The SMILES string of the molecule is CCCCCCCCCCCCCCCCCCCCCCc1cc(S(=O)(=O)O)c2ccccc2c1. The second-order valence-corrected chi connectivity index (χ2v) is 12.1. The van der Waals surface area contributed by atoms with E-state index in [1.807, 2.05) is 12.1 Å². The molecule has 0 spiro atoms. The number of fused-ring (bicyclic) bond motifs is 1. The Hall–Kier alpha value is -1.39. The minimum atomic E-state index is -4.22. The lowest BCUT2D eigenvalue weighted by molar-refractivity contribution is 0.484. The van der Waals surface area contributed by atoms with Crippen LogP contribution in [-0.4, -0.2) is 13.0 Å². The molecule has 36 heavy (non-hydrogen) atoms. The van der Waals surface area contributed by atoms with E-state index in [0.29, 0.717) is 5.39 Å². The van der Waals surface area contributed by atoms with Gasteiger partial charge in [-0.1, -0.05) is 159 Å². The van der Waals surface area contributed by atoms with E-state index in [0.717, 1.165) is 23.8 Å². The highest BCUT2D eigenvalue weighted by atomic mass is 32.2. The average Bonchev–Trinajstić information content (AvgIpc) is 2.86. The lowest BCUT2D eigenvalue weighted by atomic mass is 10.0. The zero-order chi connectivity index (χ0) is 25.9. The summed E-state index contributed by atoms with van der Waals surface area (Å²) in [4.78, 5) is 0.0313. The Morgan fingerprint density at radius 2 is 1.00 bits per heavy atom. The molecule has 0 fully saturated rings. The number of hydrogen-bond acceptors (Lipinski definition) is 2. The summed E-state index contributed by atoms with van der Waals surface area (Å²) >= 11 is 0. The topological polar surface area (TPSA) is 54.4 Å². The number of benzene rings is 2. The van der Waals surface area contributed by atoms with Crippen molar-refractivity contribution in [3.05, 3.63) is 42.0 Å². The van der Waals surface area contributed by atoms with E-state index in [1.165, 1.54) is 122 Å². The summed E-state index contributed by atoms with van der Waals surface area (Å²) < 4.78 is 33.2. The summed E-state index contributed by atoms with van der Waals surface area (Å²) in [5, 5.41) is 1.46. The van der Waals surface area contributed by atoms with Crippen LogP contribution in [0.2, 0.25) is 0 Å². The largest absolute Gasteiger partial charge is 0.295 e. The highest BCUT2D eigenvalue weighted by Crippen LogP contribution is 2.26. The second kappa shape index (κ2) is 18.8. The third-order valence-electron chi connectivity index (χ3n) is 7.48. The molecule has 0 radical (unpaired) electrons. The molecular weight excluding hydrogens is 464 g/mol. The average molecular weight is 517 g/mol. The highest BCUT2D eigenvalue weighted by molar-refractivity contribution is 7.86. The normalized spacial score (nSPS) is 11.9. The number of hydrogen-bond donors (Lipinski definition) is 1. The van der Waals surface area contributed by atoms with E-state index in [4.69, 9.17) is 0 Å². The molecule has 0 aromatic heterocycles. The van der Waals surface area contributed by atoms with Gasteiger partial charge < -0.3 is 0 Å². The van der Waals surface area contributed by atoms with Gasteiger partial charge >= 0.3 is 0 Å². The molecule has 0 aliphatic rings. The van der Waals surface area contributed by atoms with E-state index >= 15 is 0 Å². The van der Waals surface area contributed by atoms with E-state index in [1.54, 1.807) is 18.2 Å². The third kappa shape index (κ3) is 13.2. The molecule has 0 aliphatic heterocycles. The summed E-state index contributed by atoms with van der Waals surface area (Å²) in [7, 11) is -4.22. The van der Waals surface area contributed by atoms with E-state index in [-0.39, 0.29) is 4.90 Å². The Kier molecular flexibility index (Phi) is 16.1. The van der Waals surface area contributed by atoms with Crippen LogP contribution in [0.1, 0.15) is 141 Å². The van der Waals surface area contributed by atoms with Crippen molar-refractivity contribution in [3.63, 3.8) is 0 Å². The maximum atomic E-state index is 11.8. The van der Waals surface area contributed by atoms with Crippen LogP contribution in [0.15, 0.2) is 41.3 Å². The molecule has 0 atom stereocenters. The Morgan fingerprint density at radius 1 is 0.583 bits per heavy atom. The predicted molar refractivity (Wildman–Crippen MR) is 155 cm³/mol. The fraction of sp³-hybridized carbons (Fsp3) is 0.688. The molecule has 0 amide bonds. The zero-order valence-corrected chi connectivity index (χ0v) is 23.8. The van der Waals surface area contributed by atoms with Crippen LogP contribution >= 0.6 is 0 Å². The quantitative estimate of drug-likeness (QED) is 0.125. The van der Waals surface area contributed by atoms with Gasteiger partial charge in [0.2, 0.25) is 0 Å². The standard InChI is InChI=1S/C32H52O3S/c1-2-3-4-5-6-7-8-9-10-11-12-13-14-15-16-17-18-19-20-21-24-29-27-30-25-22-23-26-31(30)32(28-29)36(33,34)35/h22-23,25-28H,2-21,24H2,1H3,(H,33,34,35). The predicted octanol–water partition coefficient (Wildman–Crippen LogP) is 10.5. The first-order valence-corrected chi connectivity index (χ1v) is 16.5. The smallest absolute Gasteiger partial charge is 0.282 e. The summed E-state index contributed by atoms with van der Waals surface area (Å²) in [5.74, 6) is 0. The molecule has 2 aromatic carbocycles. The molecule has 204 valence electrons. The molecule has 2 aromatic rings. The van der Waals surface area contributed by atoms with Gasteiger partial charge in [0, 0.05) is 5.39 Å². The third-order valence-corrected chi connectivity index (χ3v) is 8.37. The molecule has 1 N–H and O–H groups in total. The van der Waals surface area contributed by atoms with Crippen LogP contribution in [0.4, 0.5) is 0 Å². The van der Waals surface area contributed by atoms with Crippen LogP contribution in [-0.2, 0) is 16.5 Å². The van der Waals surface area contributed by atoms with Gasteiger partial charge in [-0.3, -0.25) is 4.55 Å². The molecule has 0 saturated carbocycles. The number of unbranched alkanes of at least 4 members (excludes halogenated alkanes) is 19. The highest BCUT2D eigenvalue weighted by Gasteiger charge is 2.15. The molecule has 0 bridgehead atoms. The van der Waals surface area contributed by atoms with Gasteiger partial charge in [0.15, 0.2) is 0 Å². The molecule has 0 heterocycles. The Bertz CT molecular complexity index is 936. The van der Waals surface area contributed by atoms with Gasteiger partial charge in [-0.05, 0) is 29.9 Å². The van der Waals surface area contributed by atoms with Crippen LogP contribution < -0.4 is 0 Å². The minimum absolute atomic E-state index is 0.0313. The first kappa shape index (κ1) is 30.8. The molecule has 0 unspecified atom stereocenters. The number of rotatable bonds is 22. The first-order chi connectivity index (χ1) is 17.5. The lowest BCUT2D eigenvalue weighted by Gasteiger charge is -2.09. The number of aryl methyl sites for hydroxylation is 1. The Balaban J connectivity index is 1.42. The van der Waals surface area contributed by atoms with Gasteiger partial charge in [-0.15, -0.1) is 0 Å². The van der Waals surface area contributed by atoms with Gasteiger partial charge in [-0.2, -0.15) is 8.42 Å². The monoisotopic (exact) mass is 516 g/mol. The molecular formula is C32H52O3S. The molecule has 0 aliphatic carbocycles. The summed E-state index contributed by atoms with van der Waals surface area (Å²) in [6.07, 6.45) is 28.2. The van der Waals surface area contributed by atoms with Crippen molar-refractivity contribution in [2.75, 3.05) is 0 Å². The zero-order valence-electron chi connectivity index (χ0n) is 23.0. The van der Waals surface area contributed by atoms with Gasteiger partial charge in [0.1, 0.15) is 4.90 Å². The van der Waals surface area contributed by atoms with Crippen molar-refractivity contribution in [1.29, 1.82) is 0 Å². The van der Waals surface area contributed by atoms with Gasteiger partial charge in [0.05, 0.1) is 0 Å². The maximum absolute atomic E-state index is 11.8. The second-order valence-electron chi connectivity index (χ2n) is 10.8. The van der Waals surface area contributed by atoms with Crippen molar-refractivity contribution in [3.8, 4) is 0 Å². The molecule has 4 heteroatoms. The fourth-order valence-corrected chi connectivity index (χ4v) is 6.04. The van der Waals surface area contributed by atoms with Crippen molar-refractivity contribution < 1.29 is 13.0 Å². The lowest BCUT2D eigenvalue weighted by Crippen LogP contribution is -2.01. The van der Waals surface area contributed by atoms with Crippen LogP contribution in [0, 0.1) is 0 Å². The molecule has 2 rings (SSSR count). The minimum Gasteiger partial charge on any atom is -0.282 e.